The number of Topliss-reactive ketones (excluding diaryl/α,β-unsaturated/α-hetero) is 1. The number of anilines is 4. The van der Waals surface area contributed by atoms with Gasteiger partial charge in [0.1, 0.15) is 49.6 Å². The maximum absolute atomic E-state index is 13.0. The van der Waals surface area contributed by atoms with E-state index in [1.165, 1.54) is 74.3 Å². The second kappa shape index (κ2) is 55.5. The van der Waals surface area contributed by atoms with Gasteiger partial charge in [0.25, 0.3) is 6.48 Å². The Hall–Kier alpha value is -8.71. The molecule has 10 aromatic rings. The van der Waals surface area contributed by atoms with Crippen LogP contribution < -0.4 is 26.6 Å². The van der Waals surface area contributed by atoms with Crippen LogP contribution in [-0.4, -0.2) is 220 Å². The summed E-state index contributed by atoms with van der Waals surface area (Å²) in [4.78, 5) is 42.2. The molecule has 0 radical (unpaired) electrons. The molecular formula is C112H177ClN18O11Si5. The molecule has 7 heterocycles. The smallest absolute Gasteiger partial charge is 0.271 e. The number of halogens is 1. The molecule has 5 aromatic carbocycles. The molecule has 5 saturated carbocycles. The summed E-state index contributed by atoms with van der Waals surface area (Å²) in [5.41, 5.74) is 14.6. The highest BCUT2D eigenvalue weighted by molar-refractivity contribution is 6.77. The Morgan fingerprint density at radius 3 is 1.22 bits per heavy atom. The van der Waals surface area contributed by atoms with Crippen molar-refractivity contribution in [1.82, 2.24) is 54.2 Å². The van der Waals surface area contributed by atoms with Gasteiger partial charge in [0.2, 0.25) is 11.8 Å². The van der Waals surface area contributed by atoms with Gasteiger partial charge in [-0.25, -0.2) is 18.7 Å². The number of ketones is 1. The van der Waals surface area contributed by atoms with Crippen LogP contribution in [0.15, 0.2) is 122 Å². The summed E-state index contributed by atoms with van der Waals surface area (Å²) in [6.07, 6.45) is 36.9. The number of H-pyrrole nitrogens is 1. The molecule has 5 aliphatic carbocycles. The van der Waals surface area contributed by atoms with Gasteiger partial charge in [0.15, 0.2) is 5.78 Å². The first-order valence-corrected chi connectivity index (χ1v) is 73.8. The molecule has 5 aromatic heterocycles. The molecule has 7 fully saturated rings. The summed E-state index contributed by atoms with van der Waals surface area (Å²) >= 11 is 5.32. The molecule has 29 nitrogen and oxygen atoms in total. The van der Waals surface area contributed by atoms with Crippen LogP contribution in [0.4, 0.5) is 22.7 Å². The second-order valence-corrected chi connectivity index (χ2v) is 75.8. The summed E-state index contributed by atoms with van der Waals surface area (Å²) < 4.78 is 51.3. The zero-order valence-electron chi connectivity index (χ0n) is 92.5. The van der Waals surface area contributed by atoms with Gasteiger partial charge < -0.3 is 69.4 Å². The Labute approximate surface area is 886 Å². The van der Waals surface area contributed by atoms with Crippen LogP contribution in [0.1, 0.15) is 199 Å². The van der Waals surface area contributed by atoms with E-state index in [1.807, 2.05) is 113 Å². The zero-order valence-corrected chi connectivity index (χ0v) is 98.2. The first-order valence-electron chi connectivity index (χ1n) is 54.7. The summed E-state index contributed by atoms with van der Waals surface area (Å²) in [5.74, 6) is 0.836. The number of ether oxygens (including phenoxy) is 8. The number of fused-ring (bicyclic) bond motifs is 5. The minimum atomic E-state index is -1.08. The van der Waals surface area contributed by atoms with Crippen LogP contribution in [0.2, 0.25) is 128 Å². The van der Waals surface area contributed by atoms with E-state index in [0.29, 0.717) is 76.8 Å². The van der Waals surface area contributed by atoms with Crippen molar-refractivity contribution in [2.24, 2.45) is 11.1 Å². The molecule has 2 saturated heterocycles. The monoisotopic (exact) mass is 2130 g/mol. The van der Waals surface area contributed by atoms with Gasteiger partial charge in [-0.1, -0.05) is 212 Å². The van der Waals surface area contributed by atoms with E-state index in [-0.39, 0.29) is 22.4 Å². The Morgan fingerprint density at radius 1 is 0.456 bits per heavy atom. The lowest BCUT2D eigenvalue weighted by molar-refractivity contribution is -0.282. The number of amides is 2. The number of nitrogens with zero attached hydrogens (tertiary/aromatic N) is 13. The predicted molar refractivity (Wildman–Crippen MR) is 612 cm³/mol. The quantitative estimate of drug-likeness (QED) is 0.0103. The fourth-order valence-electron chi connectivity index (χ4n) is 20.8. The third-order valence-electron chi connectivity index (χ3n) is 29.6. The number of likely N-dealkylation sites (N-methyl/N-ethyl adjacent to an activating group) is 1. The number of hydrogen-bond donors (Lipinski definition) is 5. The molecule has 0 bridgehead atoms. The summed E-state index contributed by atoms with van der Waals surface area (Å²) in [5, 5.41) is 59.8. The third-order valence-corrected chi connectivity index (χ3v) is 38.3. The van der Waals surface area contributed by atoms with Gasteiger partial charge in [-0.2, -0.15) is 36.0 Å². The van der Waals surface area contributed by atoms with Gasteiger partial charge in [0, 0.05) is 175 Å². The number of nitriles is 2. The highest BCUT2D eigenvalue weighted by Gasteiger charge is 2.54. The van der Waals surface area contributed by atoms with E-state index in [1.54, 1.807) is 6.20 Å². The Bertz CT molecular complexity index is 5810. The normalized spacial score (nSPS) is 18.0. The molecule has 1 unspecified atom stereocenters. The van der Waals surface area contributed by atoms with Crippen molar-refractivity contribution in [2.75, 3.05) is 99.9 Å². The number of likely N-dealkylation sites (tertiary alicyclic amines) is 1. The molecule has 7 aliphatic rings. The van der Waals surface area contributed by atoms with Crippen LogP contribution in [0.25, 0.3) is 54.5 Å². The van der Waals surface area contributed by atoms with Crippen LogP contribution in [0.5, 0.6) is 0 Å². The number of primary amides is 1. The maximum Gasteiger partial charge on any atom is 0.271 e. The van der Waals surface area contributed by atoms with Crippen LogP contribution in [-0.2, 0) is 79.2 Å². The predicted octanol–water partition coefficient (Wildman–Crippen LogP) is 25.7. The zero-order chi connectivity index (χ0) is 106. The second-order valence-electron chi connectivity index (χ2n) is 47.5. The SMILES string of the molecule is CCOC(OCC)OCC.CN1CC(c2ccc3c(cnn3COCC[Si](C)(C)C)c2)C2(CCCCC2)C1=O.C[Si](C)(C)CCOCCl.C[Si](C)(C)CCOCn1ncc2cc(N3CCC(=O)C34CCCCC4)ccc21.C[Si](C)(C)CCOCn1ncc2cc(NC3(C#N)CCCCC3)ccc21.C[Si](C)(C)CCOCn1ncc2cc(NC3(C(N)=O)CCCCC3)ccc21.N#CC1(Nc2ccc3[nH]ncc3c2)CCCCC1. The van der Waals surface area contributed by atoms with Crippen molar-refractivity contribution < 1.29 is 52.3 Å². The highest BCUT2D eigenvalue weighted by atomic mass is 35.5. The molecule has 2 amide bonds. The topological polar surface area (TPSA) is 341 Å². The standard InChI is InChI=1S/C23H35N3O2Si.C22H33N3O2Si.C20H32N4O2Si.C20H30N4OSi.C14H16N4.C7H16O3.C6H15ClOSi/c1-25-16-20(23(22(25)27)10-6-5-7-11-23)18-8-9-21-19(14-18)15-24-26(21)17-28-12-13-29(2,3)4;1-28(2,3)14-13-27-17-25-20-8-7-19(15-18(20)16-23-25)24-12-9-21(26)22(24)10-5-4-6-11-22;1-27(2,3)12-11-26-15-24-18-8-7-17(13-16(18)14-22-24)23-20(19(21)25)9-5-4-6-10-20;1-26(2,3)12-11-25-16-24-19-8-7-18(13-17(19)14-22-24)23-20(15-21)9-5-4-6-10-20;15-10-14(6-2-1-3-7-14)17-12-4-5-13-11(8-12)9-16-18-13;1-4-8-7(9-5-2)10-6-3;1-9(2,3)5-4-8-6-7/h8-9,14-15,20H,5-7,10-13,16-17H2,1-4H3;7-8,15-16H,4-6,9-14,17H2,1-3H3;7-8,13-14,23H,4-6,9-12,15H2,1-3H3,(H2,21,25);7-8,13-14,23H,4-6,9-12,16H2,1-3H3;4-5,8-9,17H,1-3,6-7H2,(H,16,18);7H,4-6H2,1-3H3;4-6H2,1-3H3. The third kappa shape index (κ3) is 35.2. The Morgan fingerprint density at radius 2 is 0.816 bits per heavy atom. The number of aromatic nitrogens is 10. The molecule has 17 rings (SSSR count). The van der Waals surface area contributed by atoms with E-state index in [9.17, 15) is 24.9 Å². The number of hydrogen-bond acceptors (Lipinski definition) is 22. The number of carbonyl (C=O) groups is 3. The summed E-state index contributed by atoms with van der Waals surface area (Å²) in [6, 6.07) is 42.7. The van der Waals surface area contributed by atoms with E-state index >= 15 is 0 Å². The maximum atomic E-state index is 13.0. The summed E-state index contributed by atoms with van der Waals surface area (Å²) in [6.45, 7) is 50.0. The number of nitrogens with two attached hydrogens (primary N) is 1. The summed E-state index contributed by atoms with van der Waals surface area (Å²) in [7, 11) is -3.20. The number of aromatic amines is 1. The Balaban J connectivity index is 0.000000168. The lowest BCUT2D eigenvalue weighted by Crippen LogP contribution is -2.51. The first kappa shape index (κ1) is 119. The van der Waals surface area contributed by atoms with Gasteiger partial charge in [0.05, 0.1) is 81.7 Å². The van der Waals surface area contributed by atoms with Gasteiger partial charge in [-0.15, -0.1) is 0 Å². The average Bonchev–Trinajstić information content (AvgIpc) is 1.60. The lowest BCUT2D eigenvalue weighted by Gasteiger charge is -2.41. The lowest BCUT2D eigenvalue weighted by atomic mass is 9.65. The van der Waals surface area contributed by atoms with E-state index in [0.717, 1.165) is 245 Å². The largest absolute Gasteiger partial charge is 0.371 e. The minimum absolute atomic E-state index is 0.184. The number of carbonyl (C=O) groups excluding carboxylic acids is 3. The fourth-order valence-corrected chi connectivity index (χ4v) is 24.7. The van der Waals surface area contributed by atoms with E-state index < -0.39 is 57.9 Å². The number of nitrogens with one attached hydrogen (secondary N) is 4. The van der Waals surface area contributed by atoms with Crippen LogP contribution >= 0.6 is 11.6 Å². The molecule has 35 heteroatoms. The van der Waals surface area contributed by atoms with Gasteiger partial charge in [-0.05, 0) is 206 Å². The van der Waals surface area contributed by atoms with Crippen molar-refractivity contribution >= 4 is 147 Å². The number of benzene rings is 5. The fraction of sp³-hybridized carbons (Fsp3) is 0.643. The van der Waals surface area contributed by atoms with Gasteiger partial charge in [-0.3, -0.25) is 19.5 Å². The van der Waals surface area contributed by atoms with Crippen LogP contribution in [0, 0.1) is 28.1 Å². The molecule has 2 aliphatic heterocycles. The van der Waals surface area contributed by atoms with Crippen molar-refractivity contribution in [3.63, 3.8) is 0 Å². The van der Waals surface area contributed by atoms with Crippen LogP contribution in [0.3, 0.4) is 0 Å². The van der Waals surface area contributed by atoms with Crippen molar-refractivity contribution in [3.8, 4) is 12.1 Å². The van der Waals surface area contributed by atoms with E-state index in [2.05, 4.69) is 216 Å². The first-order chi connectivity index (χ1) is 70.1. The molecule has 6 N–H and O–H groups in total. The highest BCUT2D eigenvalue weighted by Crippen LogP contribution is 2.53. The number of alkyl halides is 1. The molecular weight excluding hydrogens is 1950 g/mol. The number of rotatable bonds is 39. The van der Waals surface area contributed by atoms with Crippen molar-refractivity contribution in [1.29, 1.82) is 10.5 Å². The van der Waals surface area contributed by atoms with Crippen molar-refractivity contribution in [2.45, 2.75) is 378 Å². The minimum Gasteiger partial charge on any atom is -0.371 e. The molecule has 1 atom stereocenters. The molecule has 2 spiro atoms. The molecule has 808 valence electrons. The Kier molecular flexibility index (Phi) is 44.8. The van der Waals surface area contributed by atoms with E-state index in [4.69, 9.17) is 55.2 Å². The average molecular weight is 2130 g/mol. The molecule has 147 heavy (non-hydrogen) atoms. The van der Waals surface area contributed by atoms with Crippen molar-refractivity contribution in [3.05, 3.63) is 128 Å². The van der Waals surface area contributed by atoms with Gasteiger partial charge >= 0.3 is 0 Å².